The van der Waals surface area contributed by atoms with Crippen LogP contribution in [0.4, 0.5) is 0 Å². The van der Waals surface area contributed by atoms with E-state index in [1.807, 2.05) is 16.8 Å². The molecule has 6 heteroatoms. The van der Waals surface area contributed by atoms with Crippen LogP contribution >= 0.6 is 11.3 Å². The number of amides is 1. The Hall–Kier alpha value is -0.950. The van der Waals surface area contributed by atoms with Crippen molar-refractivity contribution in [1.82, 2.24) is 15.1 Å². The average Bonchev–Trinajstić information content (AvgIpc) is 3.21. The highest BCUT2D eigenvalue weighted by molar-refractivity contribution is 7.08. The highest BCUT2D eigenvalue weighted by Gasteiger charge is 2.31. The third-order valence-corrected chi connectivity index (χ3v) is 6.48. The maximum Gasteiger partial charge on any atom is 0.252 e. The summed E-state index contributed by atoms with van der Waals surface area (Å²) in [6.07, 6.45) is 4.69. The van der Waals surface area contributed by atoms with Gasteiger partial charge in [0, 0.05) is 55.4 Å². The Kier molecular flexibility index (Phi) is 7.49. The summed E-state index contributed by atoms with van der Waals surface area (Å²) in [5.74, 6) is 0.0489. The van der Waals surface area contributed by atoms with E-state index in [0.717, 1.165) is 44.7 Å². The molecule has 3 rings (SSSR count). The van der Waals surface area contributed by atoms with Crippen molar-refractivity contribution < 1.29 is 9.53 Å². The Morgan fingerprint density at radius 2 is 1.96 bits per heavy atom. The first kappa shape index (κ1) is 19.8. The van der Waals surface area contributed by atoms with Gasteiger partial charge in [0.25, 0.3) is 5.91 Å². The summed E-state index contributed by atoms with van der Waals surface area (Å²) in [6, 6.07) is 3.75. The van der Waals surface area contributed by atoms with Crippen molar-refractivity contribution in [2.45, 2.75) is 57.7 Å². The van der Waals surface area contributed by atoms with Crippen LogP contribution in [0.2, 0.25) is 0 Å². The van der Waals surface area contributed by atoms with Crippen LogP contribution in [-0.2, 0) is 4.74 Å². The number of piperidine rings is 1. The van der Waals surface area contributed by atoms with E-state index < -0.39 is 0 Å². The second-order valence-electron chi connectivity index (χ2n) is 7.71. The number of nitrogens with one attached hydrogen (secondary N) is 1. The van der Waals surface area contributed by atoms with Gasteiger partial charge in [-0.15, -0.1) is 0 Å². The van der Waals surface area contributed by atoms with Crippen LogP contribution in [0.25, 0.3) is 0 Å². The molecule has 2 fully saturated rings. The fourth-order valence-electron chi connectivity index (χ4n) is 4.21. The molecule has 0 aromatic carbocycles. The topological polar surface area (TPSA) is 44.8 Å². The van der Waals surface area contributed by atoms with Crippen LogP contribution in [0.15, 0.2) is 16.8 Å². The largest absolute Gasteiger partial charge is 0.381 e. The summed E-state index contributed by atoms with van der Waals surface area (Å²) in [5.41, 5.74) is 0.776. The van der Waals surface area contributed by atoms with Crippen LogP contribution in [0.3, 0.4) is 0 Å². The van der Waals surface area contributed by atoms with E-state index >= 15 is 0 Å². The Balaban J connectivity index is 1.54. The van der Waals surface area contributed by atoms with Crippen LogP contribution in [-0.4, -0.2) is 73.2 Å². The lowest BCUT2D eigenvalue weighted by atomic mass is 9.97. The molecule has 1 amide bonds. The van der Waals surface area contributed by atoms with Gasteiger partial charge in [-0.2, -0.15) is 11.3 Å². The number of likely N-dealkylation sites (tertiary alicyclic amines) is 1. The van der Waals surface area contributed by atoms with Crippen molar-refractivity contribution >= 4 is 17.2 Å². The second kappa shape index (κ2) is 9.83. The Morgan fingerprint density at radius 3 is 2.58 bits per heavy atom. The zero-order chi connectivity index (χ0) is 18.4. The summed E-state index contributed by atoms with van der Waals surface area (Å²) >= 11 is 1.57. The minimum absolute atomic E-state index is 0.0489. The SMILES string of the molecule is CC(C)N1CCC(N(CCNC(=O)c2ccsc2)C2CCOCC2)CC1. The van der Waals surface area contributed by atoms with Gasteiger partial charge < -0.3 is 15.0 Å². The van der Waals surface area contributed by atoms with Gasteiger partial charge >= 0.3 is 0 Å². The van der Waals surface area contributed by atoms with Gasteiger partial charge in [-0.3, -0.25) is 9.69 Å². The molecule has 2 aliphatic heterocycles. The van der Waals surface area contributed by atoms with Crippen molar-refractivity contribution in [3.05, 3.63) is 22.4 Å². The molecule has 0 aliphatic carbocycles. The van der Waals surface area contributed by atoms with Gasteiger partial charge in [-0.1, -0.05) is 0 Å². The fourth-order valence-corrected chi connectivity index (χ4v) is 4.84. The smallest absolute Gasteiger partial charge is 0.252 e. The lowest BCUT2D eigenvalue weighted by molar-refractivity contribution is 0.0000247. The van der Waals surface area contributed by atoms with E-state index in [4.69, 9.17) is 4.74 Å². The summed E-state index contributed by atoms with van der Waals surface area (Å²) in [5, 5.41) is 6.97. The summed E-state index contributed by atoms with van der Waals surface area (Å²) in [6.45, 7) is 10.3. The first-order valence-electron chi connectivity index (χ1n) is 10.0. The number of thiophene rings is 1. The molecular weight excluding hydrogens is 346 g/mol. The molecule has 0 unspecified atom stereocenters. The number of carbonyl (C=O) groups is 1. The molecule has 2 saturated heterocycles. The van der Waals surface area contributed by atoms with Crippen LogP contribution in [0.5, 0.6) is 0 Å². The third-order valence-electron chi connectivity index (χ3n) is 5.80. The maximum absolute atomic E-state index is 12.2. The molecule has 0 atom stereocenters. The number of hydrogen-bond acceptors (Lipinski definition) is 5. The lowest BCUT2D eigenvalue weighted by Gasteiger charge is -2.44. The summed E-state index contributed by atoms with van der Waals surface area (Å²) in [4.78, 5) is 17.5. The Bertz CT molecular complexity index is 535. The van der Waals surface area contributed by atoms with Crippen LogP contribution < -0.4 is 5.32 Å². The van der Waals surface area contributed by atoms with Gasteiger partial charge in [0.05, 0.1) is 0 Å². The molecule has 0 bridgehead atoms. The van der Waals surface area contributed by atoms with Crippen molar-refractivity contribution in [1.29, 1.82) is 0 Å². The van der Waals surface area contributed by atoms with Gasteiger partial charge in [0.2, 0.25) is 0 Å². The normalized spacial score (nSPS) is 20.8. The third kappa shape index (κ3) is 5.28. The van der Waals surface area contributed by atoms with Crippen LogP contribution in [0.1, 0.15) is 49.9 Å². The molecule has 1 aromatic rings. The minimum atomic E-state index is 0.0489. The fraction of sp³-hybridized carbons (Fsp3) is 0.750. The highest BCUT2D eigenvalue weighted by Crippen LogP contribution is 2.24. The van der Waals surface area contributed by atoms with E-state index in [1.54, 1.807) is 11.3 Å². The molecule has 0 saturated carbocycles. The zero-order valence-electron chi connectivity index (χ0n) is 16.2. The van der Waals surface area contributed by atoms with Gasteiger partial charge in [0.1, 0.15) is 0 Å². The molecule has 1 N–H and O–H groups in total. The molecule has 0 radical (unpaired) electrons. The zero-order valence-corrected chi connectivity index (χ0v) is 17.0. The van der Waals surface area contributed by atoms with Crippen molar-refractivity contribution in [3.63, 3.8) is 0 Å². The maximum atomic E-state index is 12.2. The predicted octanol–water partition coefficient (Wildman–Crippen LogP) is 2.83. The average molecular weight is 380 g/mol. The minimum Gasteiger partial charge on any atom is -0.381 e. The van der Waals surface area contributed by atoms with Gasteiger partial charge in [0.15, 0.2) is 0 Å². The van der Waals surface area contributed by atoms with Gasteiger partial charge in [-0.25, -0.2) is 0 Å². The molecule has 0 spiro atoms. The predicted molar refractivity (Wildman–Crippen MR) is 107 cm³/mol. The number of carbonyl (C=O) groups excluding carboxylic acids is 1. The van der Waals surface area contributed by atoms with Gasteiger partial charge in [-0.05, 0) is 64.1 Å². The quantitative estimate of drug-likeness (QED) is 0.791. The standard InChI is InChI=1S/C20H33N3O2S/c1-16(2)22-9-3-18(4-10-22)23(19-5-12-25-13-6-19)11-8-21-20(24)17-7-14-26-15-17/h7,14-16,18-19H,3-6,8-13H2,1-2H3,(H,21,24). The van der Waals surface area contributed by atoms with E-state index in [9.17, 15) is 4.79 Å². The highest BCUT2D eigenvalue weighted by atomic mass is 32.1. The van der Waals surface area contributed by atoms with E-state index in [-0.39, 0.29) is 5.91 Å². The molecular formula is C20H33N3O2S. The van der Waals surface area contributed by atoms with Crippen molar-refractivity contribution in [2.24, 2.45) is 0 Å². The number of ether oxygens (including phenoxy) is 1. The van der Waals surface area contributed by atoms with Crippen LogP contribution in [0, 0.1) is 0 Å². The number of nitrogens with zero attached hydrogens (tertiary/aromatic N) is 2. The Morgan fingerprint density at radius 1 is 1.27 bits per heavy atom. The van der Waals surface area contributed by atoms with E-state index in [0.29, 0.717) is 18.1 Å². The van der Waals surface area contributed by atoms with E-state index in [2.05, 4.69) is 29.0 Å². The number of hydrogen-bond donors (Lipinski definition) is 1. The summed E-state index contributed by atoms with van der Waals surface area (Å²) < 4.78 is 5.57. The molecule has 2 aliphatic rings. The first-order valence-corrected chi connectivity index (χ1v) is 11.0. The molecule has 5 nitrogen and oxygen atoms in total. The molecule has 26 heavy (non-hydrogen) atoms. The number of rotatable bonds is 7. The molecule has 3 heterocycles. The monoisotopic (exact) mass is 379 g/mol. The molecule has 146 valence electrons. The first-order chi connectivity index (χ1) is 12.6. The second-order valence-corrected chi connectivity index (χ2v) is 8.49. The van der Waals surface area contributed by atoms with E-state index in [1.165, 1.54) is 25.9 Å². The Labute approximate surface area is 161 Å². The van der Waals surface area contributed by atoms with Crippen molar-refractivity contribution in [3.8, 4) is 0 Å². The van der Waals surface area contributed by atoms with Crippen molar-refractivity contribution in [2.75, 3.05) is 39.4 Å². The summed E-state index contributed by atoms with van der Waals surface area (Å²) in [7, 11) is 0. The molecule has 1 aromatic heterocycles. The lowest BCUT2D eigenvalue weighted by Crippen LogP contribution is -2.53.